The minimum atomic E-state index is -0.718. The number of dihydropyridines is 1. The lowest BCUT2D eigenvalue weighted by atomic mass is 9.80. The number of rotatable bonds is 7. The molecule has 0 saturated heterocycles. The van der Waals surface area contributed by atoms with Gasteiger partial charge < -0.3 is 23.6 Å². The molecule has 1 N–H and O–H groups in total. The average molecular weight is 488 g/mol. The SMILES string of the molecule is CC1=C(C(=O)OCc2ccco2)C(c2ccc3c(cnn3C)c2)C(C(=O)OCc2ccco2)=C(C)N1. The van der Waals surface area contributed by atoms with Gasteiger partial charge in [-0.25, -0.2) is 9.59 Å². The first kappa shape index (κ1) is 23.2. The van der Waals surface area contributed by atoms with Gasteiger partial charge in [0, 0.05) is 23.8 Å². The zero-order chi connectivity index (χ0) is 25.2. The van der Waals surface area contributed by atoms with Gasteiger partial charge in [-0.05, 0) is 55.8 Å². The van der Waals surface area contributed by atoms with E-state index >= 15 is 0 Å². The summed E-state index contributed by atoms with van der Waals surface area (Å²) in [6.07, 6.45) is 4.78. The van der Waals surface area contributed by atoms with Gasteiger partial charge >= 0.3 is 11.9 Å². The van der Waals surface area contributed by atoms with Gasteiger partial charge in [0.1, 0.15) is 24.7 Å². The molecule has 5 rings (SSSR count). The lowest BCUT2D eigenvalue weighted by molar-refractivity contribution is -0.142. The molecule has 4 aromatic rings. The lowest BCUT2D eigenvalue weighted by Crippen LogP contribution is -2.32. The van der Waals surface area contributed by atoms with Gasteiger partial charge in [0.15, 0.2) is 0 Å². The lowest BCUT2D eigenvalue weighted by Gasteiger charge is -2.30. The Morgan fingerprint density at radius 3 is 2.06 bits per heavy atom. The largest absolute Gasteiger partial charge is 0.466 e. The van der Waals surface area contributed by atoms with Gasteiger partial charge in [0.25, 0.3) is 0 Å². The summed E-state index contributed by atoms with van der Waals surface area (Å²) in [7, 11) is 1.86. The molecule has 9 heteroatoms. The smallest absolute Gasteiger partial charge is 0.337 e. The number of fused-ring (bicyclic) bond motifs is 1. The monoisotopic (exact) mass is 487 g/mol. The topological polar surface area (TPSA) is 109 Å². The molecule has 36 heavy (non-hydrogen) atoms. The first-order chi connectivity index (χ1) is 17.4. The number of benzene rings is 1. The molecule has 9 nitrogen and oxygen atoms in total. The first-order valence-corrected chi connectivity index (χ1v) is 11.4. The van der Waals surface area contributed by atoms with E-state index in [0.29, 0.717) is 34.1 Å². The predicted molar refractivity (Wildman–Crippen MR) is 129 cm³/mol. The van der Waals surface area contributed by atoms with Crippen LogP contribution in [0.25, 0.3) is 10.9 Å². The number of nitrogens with one attached hydrogen (secondary N) is 1. The molecule has 0 unspecified atom stereocenters. The summed E-state index contributed by atoms with van der Waals surface area (Å²) >= 11 is 0. The highest BCUT2D eigenvalue weighted by atomic mass is 16.5. The summed E-state index contributed by atoms with van der Waals surface area (Å²) in [5, 5.41) is 8.36. The van der Waals surface area contributed by atoms with Crippen LogP contribution in [0.15, 0.2) is 92.6 Å². The number of furan rings is 2. The zero-order valence-corrected chi connectivity index (χ0v) is 20.1. The van der Waals surface area contributed by atoms with E-state index in [1.54, 1.807) is 49.0 Å². The van der Waals surface area contributed by atoms with E-state index in [1.807, 2.05) is 25.2 Å². The van der Waals surface area contributed by atoms with Crippen molar-refractivity contribution >= 4 is 22.8 Å². The van der Waals surface area contributed by atoms with Crippen molar-refractivity contribution in [2.24, 2.45) is 7.05 Å². The van der Waals surface area contributed by atoms with Crippen molar-refractivity contribution in [3.8, 4) is 0 Å². The third kappa shape index (κ3) is 4.43. The number of hydrogen-bond acceptors (Lipinski definition) is 8. The average Bonchev–Trinajstić information content (AvgIpc) is 3.63. The normalized spacial score (nSPS) is 14.3. The summed E-state index contributed by atoms with van der Waals surface area (Å²) in [5.74, 6) is -0.802. The molecule has 0 aliphatic carbocycles. The van der Waals surface area contributed by atoms with Crippen molar-refractivity contribution in [1.29, 1.82) is 0 Å². The van der Waals surface area contributed by atoms with E-state index in [4.69, 9.17) is 18.3 Å². The number of esters is 2. The summed E-state index contributed by atoms with van der Waals surface area (Å²) in [5.41, 5.74) is 3.50. The van der Waals surface area contributed by atoms with E-state index in [2.05, 4.69) is 10.4 Å². The van der Waals surface area contributed by atoms with Crippen molar-refractivity contribution in [2.45, 2.75) is 33.0 Å². The molecule has 1 aromatic carbocycles. The number of hydrogen-bond donors (Lipinski definition) is 1. The maximum absolute atomic E-state index is 13.4. The maximum Gasteiger partial charge on any atom is 0.337 e. The van der Waals surface area contributed by atoms with Crippen LogP contribution in [-0.4, -0.2) is 21.7 Å². The Hall–Kier alpha value is -4.53. The molecule has 0 radical (unpaired) electrons. The zero-order valence-electron chi connectivity index (χ0n) is 20.1. The van der Waals surface area contributed by atoms with Gasteiger partial charge in [-0.2, -0.15) is 5.10 Å². The Labute approximate surface area is 207 Å². The fourth-order valence-electron chi connectivity index (χ4n) is 4.45. The molecule has 0 bridgehead atoms. The molecule has 4 heterocycles. The minimum absolute atomic E-state index is 0.0298. The first-order valence-electron chi connectivity index (χ1n) is 11.4. The third-order valence-corrected chi connectivity index (χ3v) is 6.16. The van der Waals surface area contributed by atoms with Gasteiger partial charge in [0.2, 0.25) is 0 Å². The van der Waals surface area contributed by atoms with Crippen LogP contribution in [0.3, 0.4) is 0 Å². The van der Waals surface area contributed by atoms with Gasteiger partial charge in [-0.3, -0.25) is 4.68 Å². The van der Waals surface area contributed by atoms with Gasteiger partial charge in [0.05, 0.1) is 41.3 Å². The number of carbonyl (C=O) groups excluding carboxylic acids is 2. The van der Waals surface area contributed by atoms with Crippen molar-refractivity contribution in [3.63, 3.8) is 0 Å². The third-order valence-electron chi connectivity index (χ3n) is 6.16. The number of nitrogens with zero attached hydrogens (tertiary/aromatic N) is 2. The second-order valence-electron chi connectivity index (χ2n) is 8.53. The highest BCUT2D eigenvalue weighted by Gasteiger charge is 2.38. The van der Waals surface area contributed by atoms with Crippen LogP contribution in [0, 0.1) is 0 Å². The van der Waals surface area contributed by atoms with Crippen LogP contribution in [0.5, 0.6) is 0 Å². The summed E-state index contributed by atoms with van der Waals surface area (Å²) < 4.78 is 23.5. The quantitative estimate of drug-likeness (QED) is 0.380. The number of allylic oxidation sites excluding steroid dienone is 2. The Balaban J connectivity index is 1.53. The second kappa shape index (κ2) is 9.61. The molecule has 184 valence electrons. The van der Waals surface area contributed by atoms with Crippen LogP contribution in [0.4, 0.5) is 0 Å². The van der Waals surface area contributed by atoms with Crippen LogP contribution < -0.4 is 5.32 Å². The number of ether oxygens (including phenoxy) is 2. The van der Waals surface area contributed by atoms with E-state index in [0.717, 1.165) is 16.5 Å². The highest BCUT2D eigenvalue weighted by molar-refractivity contribution is 6.00. The predicted octanol–water partition coefficient (Wildman–Crippen LogP) is 4.48. The molecule has 3 aromatic heterocycles. The Morgan fingerprint density at radius 1 is 0.944 bits per heavy atom. The second-order valence-corrected chi connectivity index (χ2v) is 8.53. The molecular formula is C27H25N3O6. The molecule has 0 atom stereocenters. The van der Waals surface area contributed by atoms with E-state index in [9.17, 15) is 9.59 Å². The van der Waals surface area contributed by atoms with Crippen LogP contribution in [-0.2, 0) is 39.3 Å². The van der Waals surface area contributed by atoms with Crippen LogP contribution in [0.2, 0.25) is 0 Å². The highest BCUT2D eigenvalue weighted by Crippen LogP contribution is 2.40. The van der Waals surface area contributed by atoms with E-state index in [-0.39, 0.29) is 13.2 Å². The molecule has 0 saturated carbocycles. The number of aryl methyl sites for hydroxylation is 1. The number of carbonyl (C=O) groups is 2. The van der Waals surface area contributed by atoms with Gasteiger partial charge in [-0.15, -0.1) is 0 Å². The fraction of sp³-hybridized carbons (Fsp3) is 0.222. The van der Waals surface area contributed by atoms with Crippen molar-refractivity contribution in [1.82, 2.24) is 15.1 Å². The van der Waals surface area contributed by atoms with Gasteiger partial charge in [-0.1, -0.05) is 6.07 Å². The standard InChI is InChI=1S/C27H25N3O6/c1-16-23(26(31)35-14-20-6-4-10-33-20)25(18-8-9-22-19(12-18)13-28-30(22)3)24(17(2)29-16)27(32)36-15-21-7-5-11-34-21/h4-13,25,29H,14-15H2,1-3H3. The maximum atomic E-state index is 13.4. The number of aromatic nitrogens is 2. The molecule has 0 fully saturated rings. The van der Waals surface area contributed by atoms with E-state index in [1.165, 1.54) is 12.5 Å². The van der Waals surface area contributed by atoms with E-state index < -0.39 is 17.9 Å². The Morgan fingerprint density at radius 2 is 1.53 bits per heavy atom. The summed E-state index contributed by atoms with van der Waals surface area (Å²) in [6, 6.07) is 12.6. The Bertz CT molecular complexity index is 1400. The van der Waals surface area contributed by atoms with Crippen molar-refractivity contribution in [2.75, 3.05) is 0 Å². The molecular weight excluding hydrogens is 462 g/mol. The summed E-state index contributed by atoms with van der Waals surface area (Å²) in [6.45, 7) is 3.51. The molecule has 0 amide bonds. The Kier molecular flexibility index (Phi) is 6.20. The fourth-order valence-corrected chi connectivity index (χ4v) is 4.45. The van der Waals surface area contributed by atoms with Crippen LogP contribution in [0.1, 0.15) is 36.8 Å². The summed E-state index contributed by atoms with van der Waals surface area (Å²) in [4.78, 5) is 26.8. The molecule has 1 aliphatic heterocycles. The van der Waals surface area contributed by atoms with Crippen molar-refractivity contribution < 1.29 is 27.9 Å². The van der Waals surface area contributed by atoms with Crippen LogP contribution >= 0.6 is 0 Å². The minimum Gasteiger partial charge on any atom is -0.466 e. The van der Waals surface area contributed by atoms with Crippen molar-refractivity contribution in [3.05, 3.63) is 101 Å². The molecule has 1 aliphatic rings. The molecule has 0 spiro atoms.